The predicted octanol–water partition coefficient (Wildman–Crippen LogP) is -0.408. The van der Waals surface area contributed by atoms with E-state index in [1.807, 2.05) is 25.1 Å². The number of hydrogen-bond donors (Lipinski definition) is 2. The quantitative estimate of drug-likeness (QED) is 0.688. The summed E-state index contributed by atoms with van der Waals surface area (Å²) in [7, 11) is 3.88. The minimum Gasteiger partial charge on any atom is -0.391 e. The zero-order chi connectivity index (χ0) is 15.1. The van der Waals surface area contributed by atoms with Gasteiger partial charge in [-0.15, -0.1) is 0 Å². The van der Waals surface area contributed by atoms with Crippen molar-refractivity contribution in [2.45, 2.75) is 31.9 Å². The summed E-state index contributed by atoms with van der Waals surface area (Å²) in [6, 6.07) is -0.268. The second-order valence-electron chi connectivity index (χ2n) is 5.44. The number of nitrogens with zero attached hydrogens (tertiary/aromatic N) is 2. The number of aliphatic hydroxyl groups excluding tert-OH is 1. The molecule has 0 aliphatic carbocycles. The molecule has 1 saturated heterocycles. The third kappa shape index (κ3) is 5.71. The Labute approximate surface area is 120 Å². The number of aliphatic hydroxyl groups is 1. The lowest BCUT2D eigenvalue weighted by molar-refractivity contribution is -0.126. The van der Waals surface area contributed by atoms with Crippen molar-refractivity contribution in [3.63, 3.8) is 0 Å². The molecule has 0 radical (unpaired) electrons. The second-order valence-corrected chi connectivity index (χ2v) is 5.44. The number of carbonyl (C=O) groups excluding carboxylic acids is 2. The summed E-state index contributed by atoms with van der Waals surface area (Å²) in [5.74, 6) is -0.192. The van der Waals surface area contributed by atoms with E-state index in [2.05, 4.69) is 5.32 Å². The van der Waals surface area contributed by atoms with Gasteiger partial charge in [0.2, 0.25) is 11.8 Å². The molecule has 114 valence electrons. The monoisotopic (exact) mass is 283 g/mol. The minimum absolute atomic E-state index is 0.0393. The largest absolute Gasteiger partial charge is 0.391 e. The molecule has 2 atom stereocenters. The van der Waals surface area contributed by atoms with Crippen molar-refractivity contribution in [1.82, 2.24) is 15.1 Å². The number of carbonyl (C=O) groups is 2. The van der Waals surface area contributed by atoms with Crippen molar-refractivity contribution in [1.29, 1.82) is 0 Å². The average Bonchev–Trinajstić information content (AvgIpc) is 2.52. The van der Waals surface area contributed by atoms with Gasteiger partial charge in [-0.3, -0.25) is 9.59 Å². The highest BCUT2D eigenvalue weighted by atomic mass is 16.3. The van der Waals surface area contributed by atoms with Gasteiger partial charge in [0.05, 0.1) is 12.1 Å². The van der Waals surface area contributed by atoms with Gasteiger partial charge in [0.15, 0.2) is 0 Å². The Bertz CT molecular complexity index is 369. The maximum Gasteiger partial charge on any atom is 0.246 e. The van der Waals surface area contributed by atoms with E-state index in [-0.39, 0.29) is 17.9 Å². The topological polar surface area (TPSA) is 72.9 Å². The van der Waals surface area contributed by atoms with E-state index in [4.69, 9.17) is 0 Å². The van der Waals surface area contributed by atoms with Crippen LogP contribution in [0.2, 0.25) is 0 Å². The van der Waals surface area contributed by atoms with Crippen molar-refractivity contribution in [2.24, 2.45) is 0 Å². The average molecular weight is 283 g/mol. The third-order valence-electron chi connectivity index (χ3n) is 3.30. The molecule has 2 N–H and O–H groups in total. The zero-order valence-electron chi connectivity index (χ0n) is 12.5. The van der Waals surface area contributed by atoms with Crippen molar-refractivity contribution in [3.8, 4) is 0 Å². The van der Waals surface area contributed by atoms with Gasteiger partial charge in [0, 0.05) is 32.6 Å². The lowest BCUT2D eigenvalue weighted by Gasteiger charge is -2.20. The molecule has 6 nitrogen and oxygen atoms in total. The van der Waals surface area contributed by atoms with Gasteiger partial charge in [-0.25, -0.2) is 0 Å². The van der Waals surface area contributed by atoms with E-state index < -0.39 is 6.10 Å². The summed E-state index contributed by atoms with van der Waals surface area (Å²) in [6.45, 7) is 3.22. The van der Waals surface area contributed by atoms with Crippen LogP contribution in [0.4, 0.5) is 0 Å². The molecule has 0 aromatic carbocycles. The van der Waals surface area contributed by atoms with Crippen molar-refractivity contribution in [3.05, 3.63) is 12.2 Å². The molecule has 1 aliphatic rings. The Morgan fingerprint density at radius 2 is 2.00 bits per heavy atom. The standard InChI is InChI=1S/C14H25N3O3/c1-11(18)15-12-6-9-17(10-7-13(12)19)14(20)5-4-8-16(2)3/h4-5,12-13,19H,6-10H2,1-3H3,(H,15,18)/b5-4+/t12-,13-/m0/s1. The van der Waals surface area contributed by atoms with Crippen molar-refractivity contribution >= 4 is 11.8 Å². The predicted molar refractivity (Wildman–Crippen MR) is 77.1 cm³/mol. The van der Waals surface area contributed by atoms with E-state index >= 15 is 0 Å². The molecule has 6 heteroatoms. The SMILES string of the molecule is CC(=O)N[C@H]1CCN(C(=O)/C=C/CN(C)C)CC[C@@H]1O. The molecule has 20 heavy (non-hydrogen) atoms. The highest BCUT2D eigenvalue weighted by molar-refractivity contribution is 5.87. The van der Waals surface area contributed by atoms with Crippen molar-refractivity contribution in [2.75, 3.05) is 33.7 Å². The molecule has 0 bridgehead atoms. The van der Waals surface area contributed by atoms with Crippen LogP contribution in [0.25, 0.3) is 0 Å². The molecule has 1 heterocycles. The van der Waals surface area contributed by atoms with E-state index in [0.717, 1.165) is 6.54 Å². The highest BCUT2D eigenvalue weighted by Crippen LogP contribution is 2.12. The van der Waals surface area contributed by atoms with Gasteiger partial charge in [-0.2, -0.15) is 0 Å². The van der Waals surface area contributed by atoms with Gasteiger partial charge in [-0.1, -0.05) is 6.08 Å². The minimum atomic E-state index is -0.595. The van der Waals surface area contributed by atoms with Gasteiger partial charge in [-0.05, 0) is 26.9 Å². The van der Waals surface area contributed by atoms with Crippen molar-refractivity contribution < 1.29 is 14.7 Å². The second kappa shape index (κ2) is 8.01. The molecule has 0 aromatic heterocycles. The number of amides is 2. The molecule has 2 amide bonds. The molecule has 1 fully saturated rings. The Morgan fingerprint density at radius 1 is 1.35 bits per heavy atom. The van der Waals surface area contributed by atoms with Crippen LogP contribution in [0.3, 0.4) is 0 Å². The zero-order valence-corrected chi connectivity index (χ0v) is 12.5. The molecule has 0 spiro atoms. The summed E-state index contributed by atoms with van der Waals surface area (Å²) in [5, 5.41) is 12.7. The fourth-order valence-corrected chi connectivity index (χ4v) is 2.21. The van der Waals surface area contributed by atoms with Gasteiger partial charge in [0.25, 0.3) is 0 Å². The number of likely N-dealkylation sites (N-methyl/N-ethyl adjacent to an activating group) is 1. The van der Waals surface area contributed by atoms with Gasteiger partial charge < -0.3 is 20.2 Å². The van der Waals surface area contributed by atoms with E-state index in [1.165, 1.54) is 6.92 Å². The molecular formula is C14H25N3O3. The molecule has 1 rings (SSSR count). The fraction of sp³-hybridized carbons (Fsp3) is 0.714. The summed E-state index contributed by atoms with van der Waals surface area (Å²) < 4.78 is 0. The van der Waals surface area contributed by atoms with Crippen LogP contribution < -0.4 is 5.32 Å². The Balaban J connectivity index is 2.52. The lowest BCUT2D eigenvalue weighted by atomic mass is 10.1. The maximum absolute atomic E-state index is 12.0. The Kier molecular flexibility index (Phi) is 6.67. The molecule has 0 unspecified atom stereocenters. The van der Waals surface area contributed by atoms with Gasteiger partial charge in [0.1, 0.15) is 0 Å². The first kappa shape index (κ1) is 16.7. The summed E-state index contributed by atoms with van der Waals surface area (Å²) in [6.07, 6.45) is 3.87. The first-order valence-corrected chi connectivity index (χ1v) is 6.95. The highest BCUT2D eigenvalue weighted by Gasteiger charge is 2.26. The molecule has 0 saturated carbocycles. The number of hydrogen-bond acceptors (Lipinski definition) is 4. The first-order chi connectivity index (χ1) is 9.40. The Morgan fingerprint density at radius 3 is 2.60 bits per heavy atom. The third-order valence-corrected chi connectivity index (χ3v) is 3.30. The fourth-order valence-electron chi connectivity index (χ4n) is 2.21. The van der Waals surface area contributed by atoms with Crippen LogP contribution >= 0.6 is 0 Å². The van der Waals surface area contributed by atoms with Crippen LogP contribution in [0.15, 0.2) is 12.2 Å². The van der Waals surface area contributed by atoms with E-state index in [9.17, 15) is 14.7 Å². The van der Waals surface area contributed by atoms with Gasteiger partial charge >= 0.3 is 0 Å². The maximum atomic E-state index is 12.0. The van der Waals surface area contributed by atoms with Crippen LogP contribution in [0, 0.1) is 0 Å². The molecule has 0 aromatic rings. The summed E-state index contributed by atoms with van der Waals surface area (Å²) in [4.78, 5) is 26.8. The number of nitrogens with one attached hydrogen (secondary N) is 1. The lowest BCUT2D eigenvalue weighted by Crippen LogP contribution is -2.42. The first-order valence-electron chi connectivity index (χ1n) is 6.95. The van der Waals surface area contributed by atoms with Crippen LogP contribution in [-0.4, -0.2) is 72.6 Å². The Hall–Kier alpha value is -1.40. The van der Waals surface area contributed by atoms with Crippen LogP contribution in [0.5, 0.6) is 0 Å². The summed E-state index contributed by atoms with van der Waals surface area (Å²) >= 11 is 0. The number of likely N-dealkylation sites (tertiary alicyclic amines) is 1. The molecule has 1 aliphatic heterocycles. The van der Waals surface area contributed by atoms with E-state index in [0.29, 0.717) is 25.9 Å². The molecular weight excluding hydrogens is 258 g/mol. The normalized spacial score (nSPS) is 23.9. The number of rotatable bonds is 4. The van der Waals surface area contributed by atoms with Crippen LogP contribution in [-0.2, 0) is 9.59 Å². The summed E-state index contributed by atoms with van der Waals surface area (Å²) in [5.41, 5.74) is 0. The van der Waals surface area contributed by atoms with E-state index in [1.54, 1.807) is 11.0 Å². The van der Waals surface area contributed by atoms with Crippen LogP contribution in [0.1, 0.15) is 19.8 Å². The smallest absolute Gasteiger partial charge is 0.246 e.